The first kappa shape index (κ1) is 30.4. The van der Waals surface area contributed by atoms with Crippen molar-refractivity contribution in [2.24, 2.45) is 10.8 Å². The van der Waals surface area contributed by atoms with Crippen LogP contribution in [-0.2, 0) is 21.0 Å². The van der Waals surface area contributed by atoms with E-state index in [1.807, 2.05) is 70.2 Å². The molecule has 0 fully saturated rings. The Morgan fingerprint density at radius 2 is 1.41 bits per heavy atom. The van der Waals surface area contributed by atoms with Gasteiger partial charge in [-0.25, -0.2) is 0 Å². The van der Waals surface area contributed by atoms with Crippen molar-refractivity contribution < 1.29 is 24.2 Å². The van der Waals surface area contributed by atoms with E-state index in [9.17, 15) is 19.5 Å². The highest BCUT2D eigenvalue weighted by molar-refractivity contribution is 6.37. The molecule has 2 aliphatic carbocycles. The molecular formula is C36H35Cl2NO5. The average molecular weight is 633 g/mol. The number of carbonyl (C=O) groups is 3. The maximum absolute atomic E-state index is 13.9. The fourth-order valence-corrected chi connectivity index (χ4v) is 7.77. The topological polar surface area (TPSA) is 83.9 Å². The van der Waals surface area contributed by atoms with E-state index in [1.165, 1.54) is 0 Å². The van der Waals surface area contributed by atoms with Gasteiger partial charge < -0.3 is 14.7 Å². The number of ketones is 2. The number of carboxylic acid groups (broad SMARTS) is 1. The number of carboxylic acids is 1. The number of hydrogen-bond donors (Lipinski definition) is 1. The fourth-order valence-electron chi connectivity index (χ4n) is 7.16. The van der Waals surface area contributed by atoms with Gasteiger partial charge in [0.15, 0.2) is 17.3 Å². The lowest BCUT2D eigenvalue weighted by Gasteiger charge is -2.48. The summed E-state index contributed by atoms with van der Waals surface area (Å²) in [6.45, 7) is 7.98. The molecule has 1 aliphatic heterocycles. The minimum absolute atomic E-state index is 0.0932. The van der Waals surface area contributed by atoms with Gasteiger partial charge in [0, 0.05) is 41.3 Å². The third kappa shape index (κ3) is 5.54. The van der Waals surface area contributed by atoms with Crippen molar-refractivity contribution in [1.29, 1.82) is 0 Å². The first-order valence-electron chi connectivity index (χ1n) is 14.8. The molecule has 3 aliphatic rings. The van der Waals surface area contributed by atoms with E-state index in [2.05, 4.69) is 0 Å². The largest absolute Gasteiger partial charge is 0.486 e. The number of ether oxygens (including phenoxy) is 1. The van der Waals surface area contributed by atoms with E-state index in [-0.39, 0.29) is 45.6 Å². The van der Waals surface area contributed by atoms with Crippen LogP contribution in [-0.4, -0.2) is 34.1 Å². The Kier molecular flexibility index (Phi) is 7.66. The van der Waals surface area contributed by atoms with E-state index < -0.39 is 11.9 Å². The monoisotopic (exact) mass is 631 g/mol. The van der Waals surface area contributed by atoms with E-state index in [0.29, 0.717) is 59.5 Å². The summed E-state index contributed by atoms with van der Waals surface area (Å²) in [6, 6.07) is 17.5. The van der Waals surface area contributed by atoms with Crippen molar-refractivity contribution in [2.75, 3.05) is 6.54 Å². The summed E-state index contributed by atoms with van der Waals surface area (Å²) in [4.78, 5) is 41.7. The third-order valence-electron chi connectivity index (χ3n) is 8.92. The lowest BCUT2D eigenvalue weighted by molar-refractivity contribution is -0.138. The number of Topliss-reactive ketones (excluding diaryl/α,β-unsaturated/α-hetero) is 2. The Hall–Kier alpha value is -3.61. The number of nitrogens with zero attached hydrogens (tertiary/aromatic N) is 1. The number of halogens is 2. The summed E-state index contributed by atoms with van der Waals surface area (Å²) in [6.07, 6.45) is 1.60. The number of fused-ring (bicyclic) bond motifs is 1. The van der Waals surface area contributed by atoms with Gasteiger partial charge >= 0.3 is 5.97 Å². The van der Waals surface area contributed by atoms with Crippen molar-refractivity contribution in [3.63, 3.8) is 0 Å². The SMILES string of the molecule is CC1(C)CC(=O)C2=C(C1)N(CC(=O)O)C1=C(C(=O)CC(C)(C)C1)C2c1cc(Cl)c(OCc2cccc3ccccc23)c(Cl)c1. The standard InChI is InChI=1S/C36H35Cl2NO5/c1-35(2)14-26-32(28(40)16-35)31(33-27(39(26)18-30(42)43)15-36(3,4)17-29(33)41)22-12-24(37)34(25(38)13-22)44-19-21-10-7-9-20-8-5-6-11-23(20)21/h5-13,31H,14-19H2,1-4H3,(H,42,43). The molecule has 0 unspecified atom stereocenters. The van der Waals surface area contributed by atoms with Crippen molar-refractivity contribution in [1.82, 2.24) is 4.90 Å². The molecule has 3 aromatic carbocycles. The highest BCUT2D eigenvalue weighted by Gasteiger charge is 2.49. The normalized spacial score (nSPS) is 19.7. The summed E-state index contributed by atoms with van der Waals surface area (Å²) < 4.78 is 6.18. The van der Waals surface area contributed by atoms with E-state index in [4.69, 9.17) is 27.9 Å². The lowest BCUT2D eigenvalue weighted by atomic mass is 9.63. The molecule has 3 aromatic rings. The Balaban J connectivity index is 1.46. The predicted molar refractivity (Wildman–Crippen MR) is 172 cm³/mol. The van der Waals surface area contributed by atoms with E-state index in [0.717, 1.165) is 16.3 Å². The lowest BCUT2D eigenvalue weighted by Crippen LogP contribution is -2.45. The van der Waals surface area contributed by atoms with Crippen LogP contribution in [0, 0.1) is 10.8 Å². The Morgan fingerprint density at radius 1 is 0.864 bits per heavy atom. The molecule has 1 N–H and O–H groups in total. The average Bonchev–Trinajstić information content (AvgIpc) is 2.92. The van der Waals surface area contributed by atoms with Crippen LogP contribution in [0.1, 0.15) is 70.4 Å². The zero-order valence-corrected chi connectivity index (χ0v) is 26.8. The van der Waals surface area contributed by atoms with Gasteiger partial charge in [0.2, 0.25) is 0 Å². The first-order chi connectivity index (χ1) is 20.7. The van der Waals surface area contributed by atoms with Crippen LogP contribution < -0.4 is 4.74 Å². The van der Waals surface area contributed by atoms with Crippen LogP contribution in [0.25, 0.3) is 10.8 Å². The summed E-state index contributed by atoms with van der Waals surface area (Å²) in [5.41, 5.74) is 3.16. The molecule has 6 rings (SSSR count). The van der Waals surface area contributed by atoms with Gasteiger partial charge in [0.05, 0.1) is 10.0 Å². The smallest absolute Gasteiger partial charge is 0.323 e. The quantitative estimate of drug-likeness (QED) is 0.294. The zero-order valence-electron chi connectivity index (χ0n) is 25.3. The van der Waals surface area contributed by atoms with Crippen LogP contribution >= 0.6 is 23.2 Å². The number of rotatable bonds is 6. The van der Waals surface area contributed by atoms with Gasteiger partial charge in [0.1, 0.15) is 13.2 Å². The molecule has 44 heavy (non-hydrogen) atoms. The predicted octanol–water partition coefficient (Wildman–Crippen LogP) is 8.50. The first-order valence-corrected chi connectivity index (χ1v) is 15.6. The summed E-state index contributed by atoms with van der Waals surface area (Å²) >= 11 is 13.7. The van der Waals surface area contributed by atoms with Crippen LogP contribution in [0.2, 0.25) is 10.0 Å². The van der Waals surface area contributed by atoms with Gasteiger partial charge in [-0.1, -0.05) is 93.4 Å². The Labute approximate surface area is 267 Å². The highest BCUT2D eigenvalue weighted by atomic mass is 35.5. The van der Waals surface area contributed by atoms with Gasteiger partial charge in [-0.3, -0.25) is 14.4 Å². The zero-order chi connectivity index (χ0) is 31.6. The molecule has 0 aromatic heterocycles. The third-order valence-corrected chi connectivity index (χ3v) is 9.48. The van der Waals surface area contributed by atoms with E-state index >= 15 is 0 Å². The van der Waals surface area contributed by atoms with Gasteiger partial charge in [-0.2, -0.15) is 0 Å². The number of hydrogen-bond acceptors (Lipinski definition) is 5. The second-order valence-electron chi connectivity index (χ2n) is 13.8. The minimum atomic E-state index is -1.02. The number of allylic oxidation sites excluding steroid dienone is 4. The molecule has 0 saturated carbocycles. The van der Waals surface area contributed by atoms with Gasteiger partial charge in [-0.15, -0.1) is 0 Å². The molecule has 8 heteroatoms. The van der Waals surface area contributed by atoms with Gasteiger partial charge in [0.25, 0.3) is 0 Å². The van der Waals surface area contributed by atoms with Crippen molar-refractivity contribution in [3.8, 4) is 5.75 Å². The number of benzene rings is 3. The van der Waals surface area contributed by atoms with Crippen molar-refractivity contribution in [3.05, 3.63) is 98.3 Å². The molecule has 0 atom stereocenters. The minimum Gasteiger partial charge on any atom is -0.486 e. The molecule has 0 radical (unpaired) electrons. The van der Waals surface area contributed by atoms with Crippen LogP contribution in [0.3, 0.4) is 0 Å². The summed E-state index contributed by atoms with van der Waals surface area (Å²) in [5, 5.41) is 12.6. The van der Waals surface area contributed by atoms with Crippen molar-refractivity contribution in [2.45, 2.75) is 65.9 Å². The number of aliphatic carboxylic acids is 1. The highest BCUT2D eigenvalue weighted by Crippen LogP contribution is 2.55. The molecule has 0 amide bonds. The second-order valence-corrected chi connectivity index (χ2v) is 14.6. The molecule has 6 nitrogen and oxygen atoms in total. The van der Waals surface area contributed by atoms with Crippen molar-refractivity contribution >= 4 is 51.5 Å². The molecule has 0 bridgehead atoms. The molecule has 0 spiro atoms. The molecule has 1 heterocycles. The van der Waals surface area contributed by atoms with E-state index in [1.54, 1.807) is 17.0 Å². The fraction of sp³-hybridized carbons (Fsp3) is 0.361. The second kappa shape index (κ2) is 11.1. The summed E-state index contributed by atoms with van der Waals surface area (Å²) in [7, 11) is 0. The maximum Gasteiger partial charge on any atom is 0.323 e. The van der Waals surface area contributed by atoms with Crippen LogP contribution in [0.4, 0.5) is 0 Å². The maximum atomic E-state index is 13.9. The summed E-state index contributed by atoms with van der Waals surface area (Å²) in [5.74, 6) is -1.58. The van der Waals surface area contributed by atoms with Crippen LogP contribution in [0.5, 0.6) is 5.75 Å². The Bertz CT molecular complexity index is 1720. The molecule has 0 saturated heterocycles. The Morgan fingerprint density at radius 3 is 1.98 bits per heavy atom. The number of carbonyl (C=O) groups excluding carboxylic acids is 2. The molecule has 228 valence electrons. The van der Waals surface area contributed by atoms with Gasteiger partial charge in [-0.05, 0) is 57.7 Å². The molecular weight excluding hydrogens is 597 g/mol. The van der Waals surface area contributed by atoms with Crippen LogP contribution in [0.15, 0.2) is 77.1 Å².